The first kappa shape index (κ1) is 14.6. The van der Waals surface area contributed by atoms with E-state index in [9.17, 15) is 0 Å². The van der Waals surface area contributed by atoms with Gasteiger partial charge in [-0.2, -0.15) is 0 Å². The third-order valence-electron chi connectivity index (χ3n) is 4.26. The van der Waals surface area contributed by atoms with Gasteiger partial charge in [0, 0.05) is 12.1 Å². The summed E-state index contributed by atoms with van der Waals surface area (Å²) in [5.41, 5.74) is 4.21. The van der Waals surface area contributed by atoms with Gasteiger partial charge in [0.15, 0.2) is 0 Å². The Bertz CT molecular complexity index is 641. The molecule has 110 valence electrons. The van der Waals surface area contributed by atoms with Crippen molar-refractivity contribution in [3.63, 3.8) is 0 Å². The first-order chi connectivity index (χ1) is 10.2. The molecule has 21 heavy (non-hydrogen) atoms. The van der Waals surface area contributed by atoms with E-state index in [4.69, 9.17) is 4.74 Å². The molecule has 2 aromatic rings. The fraction of sp³-hybridized carbons (Fsp3) is 0.333. The summed E-state index contributed by atoms with van der Waals surface area (Å²) in [6, 6.07) is 15.8. The minimum absolute atomic E-state index is 0.309. The molecule has 2 unspecified atom stereocenters. The molecule has 0 spiro atoms. The van der Waals surface area contributed by atoms with Gasteiger partial charge in [-0.15, -0.1) is 0 Å². The lowest BCUT2D eigenvalue weighted by atomic mass is 10.0. The topological polar surface area (TPSA) is 21.3 Å². The highest BCUT2D eigenvalue weighted by atomic mass is 79.9. The molecule has 0 saturated heterocycles. The van der Waals surface area contributed by atoms with Gasteiger partial charge in [-0.3, -0.25) is 0 Å². The minimum Gasteiger partial charge on any atom is -0.496 e. The van der Waals surface area contributed by atoms with Crippen LogP contribution in [0.2, 0.25) is 0 Å². The van der Waals surface area contributed by atoms with Crippen molar-refractivity contribution in [2.45, 2.75) is 31.8 Å². The van der Waals surface area contributed by atoms with Crippen molar-refractivity contribution in [1.29, 1.82) is 0 Å². The maximum absolute atomic E-state index is 5.29. The Kier molecular flexibility index (Phi) is 4.32. The maximum Gasteiger partial charge on any atom is 0.133 e. The summed E-state index contributed by atoms with van der Waals surface area (Å²) in [6.07, 6.45) is 2.36. The number of benzene rings is 2. The molecule has 0 aromatic heterocycles. The normalized spacial score (nSPS) is 18.3. The molecule has 2 nitrogen and oxygen atoms in total. The highest BCUT2D eigenvalue weighted by molar-refractivity contribution is 9.10. The van der Waals surface area contributed by atoms with Crippen LogP contribution >= 0.6 is 15.9 Å². The summed E-state index contributed by atoms with van der Waals surface area (Å²) < 4.78 is 6.30. The van der Waals surface area contributed by atoms with Crippen molar-refractivity contribution in [2.24, 2.45) is 0 Å². The zero-order valence-electron chi connectivity index (χ0n) is 12.4. The fourth-order valence-electron chi connectivity index (χ4n) is 3.08. The Labute approximate surface area is 134 Å². The van der Waals surface area contributed by atoms with E-state index in [2.05, 4.69) is 64.6 Å². The van der Waals surface area contributed by atoms with Crippen LogP contribution in [0.15, 0.2) is 46.9 Å². The molecule has 2 atom stereocenters. The van der Waals surface area contributed by atoms with Gasteiger partial charge in [-0.1, -0.05) is 30.3 Å². The molecule has 1 N–H and O–H groups in total. The smallest absolute Gasteiger partial charge is 0.133 e. The summed E-state index contributed by atoms with van der Waals surface area (Å²) in [5.74, 6) is 0.872. The molecule has 0 amide bonds. The number of fused-ring (bicyclic) bond motifs is 1. The molecule has 0 fully saturated rings. The lowest BCUT2D eigenvalue weighted by Crippen LogP contribution is -2.23. The number of rotatable bonds is 4. The Balaban J connectivity index is 1.75. The van der Waals surface area contributed by atoms with E-state index in [-0.39, 0.29) is 0 Å². The Morgan fingerprint density at radius 2 is 2.05 bits per heavy atom. The van der Waals surface area contributed by atoms with Gasteiger partial charge in [-0.25, -0.2) is 0 Å². The molecule has 0 heterocycles. The molecule has 3 heteroatoms. The first-order valence-corrected chi connectivity index (χ1v) is 8.15. The third-order valence-corrected chi connectivity index (χ3v) is 4.88. The third kappa shape index (κ3) is 2.99. The molecule has 0 bridgehead atoms. The molecule has 1 aliphatic carbocycles. The highest BCUT2D eigenvalue weighted by Crippen LogP contribution is 2.34. The fourth-order valence-corrected chi connectivity index (χ4v) is 3.64. The van der Waals surface area contributed by atoms with Crippen molar-refractivity contribution in [3.05, 3.63) is 63.6 Å². The van der Waals surface area contributed by atoms with Crippen LogP contribution in [0, 0.1) is 0 Å². The van der Waals surface area contributed by atoms with Crippen LogP contribution in [0.5, 0.6) is 5.75 Å². The number of hydrogen-bond donors (Lipinski definition) is 1. The van der Waals surface area contributed by atoms with E-state index in [1.54, 1.807) is 7.11 Å². The van der Waals surface area contributed by atoms with Crippen LogP contribution in [0.1, 0.15) is 42.1 Å². The van der Waals surface area contributed by atoms with E-state index in [0.29, 0.717) is 12.1 Å². The van der Waals surface area contributed by atoms with Gasteiger partial charge in [0.05, 0.1) is 11.6 Å². The molecular formula is C18H20BrNO. The summed E-state index contributed by atoms with van der Waals surface area (Å²) >= 11 is 3.56. The van der Waals surface area contributed by atoms with Crippen molar-refractivity contribution < 1.29 is 4.74 Å². The molecule has 0 radical (unpaired) electrons. The molecule has 3 rings (SSSR count). The number of aryl methyl sites for hydroxylation is 1. The SMILES string of the molecule is COc1ccc(C(C)NC2CCc3ccccc32)cc1Br. The summed E-state index contributed by atoms with van der Waals surface area (Å²) in [6.45, 7) is 2.22. The number of nitrogens with one attached hydrogen (secondary N) is 1. The summed E-state index contributed by atoms with van der Waals surface area (Å²) in [7, 11) is 1.69. The molecule has 2 aromatic carbocycles. The van der Waals surface area contributed by atoms with Gasteiger partial charge in [0.2, 0.25) is 0 Å². The van der Waals surface area contributed by atoms with Gasteiger partial charge in [-0.05, 0) is 64.5 Å². The van der Waals surface area contributed by atoms with Gasteiger partial charge in [0.1, 0.15) is 5.75 Å². The van der Waals surface area contributed by atoms with Crippen LogP contribution in [0.3, 0.4) is 0 Å². The van der Waals surface area contributed by atoms with Crippen LogP contribution in [0.4, 0.5) is 0 Å². The molecule has 0 aliphatic heterocycles. The monoisotopic (exact) mass is 345 g/mol. The Morgan fingerprint density at radius 1 is 1.24 bits per heavy atom. The second-order valence-corrected chi connectivity index (χ2v) is 6.43. The summed E-state index contributed by atoms with van der Waals surface area (Å²) in [5, 5.41) is 3.75. The number of methoxy groups -OCH3 is 1. The summed E-state index contributed by atoms with van der Waals surface area (Å²) in [4.78, 5) is 0. The van der Waals surface area contributed by atoms with Crippen LogP contribution in [-0.4, -0.2) is 7.11 Å². The first-order valence-electron chi connectivity index (χ1n) is 7.36. The van der Waals surface area contributed by atoms with Gasteiger partial charge in [0.25, 0.3) is 0 Å². The Hall–Kier alpha value is -1.32. The van der Waals surface area contributed by atoms with Crippen LogP contribution in [-0.2, 0) is 6.42 Å². The highest BCUT2D eigenvalue weighted by Gasteiger charge is 2.23. The molecule has 1 aliphatic rings. The van der Waals surface area contributed by atoms with Crippen molar-refractivity contribution in [1.82, 2.24) is 5.32 Å². The van der Waals surface area contributed by atoms with Gasteiger partial charge < -0.3 is 10.1 Å². The zero-order valence-corrected chi connectivity index (χ0v) is 14.0. The predicted molar refractivity (Wildman–Crippen MR) is 89.7 cm³/mol. The second kappa shape index (κ2) is 6.20. The van der Waals surface area contributed by atoms with E-state index in [1.807, 2.05) is 6.07 Å². The van der Waals surface area contributed by atoms with E-state index >= 15 is 0 Å². The maximum atomic E-state index is 5.29. The second-order valence-electron chi connectivity index (χ2n) is 5.57. The molecule has 0 saturated carbocycles. The predicted octanol–water partition coefficient (Wildman–Crippen LogP) is 4.80. The lowest BCUT2D eigenvalue weighted by molar-refractivity contribution is 0.411. The largest absolute Gasteiger partial charge is 0.496 e. The number of halogens is 1. The van der Waals surface area contributed by atoms with E-state index in [1.165, 1.54) is 29.5 Å². The van der Waals surface area contributed by atoms with E-state index in [0.717, 1.165) is 10.2 Å². The van der Waals surface area contributed by atoms with Crippen LogP contribution in [0.25, 0.3) is 0 Å². The van der Waals surface area contributed by atoms with Gasteiger partial charge >= 0.3 is 0 Å². The quantitative estimate of drug-likeness (QED) is 0.859. The standard InChI is InChI=1S/C18H20BrNO/c1-12(14-8-10-18(21-2)16(19)11-14)20-17-9-7-13-5-3-4-6-15(13)17/h3-6,8,10-12,17,20H,7,9H2,1-2H3. The zero-order chi connectivity index (χ0) is 14.8. The lowest BCUT2D eigenvalue weighted by Gasteiger charge is -2.21. The van der Waals surface area contributed by atoms with Crippen molar-refractivity contribution >= 4 is 15.9 Å². The van der Waals surface area contributed by atoms with Crippen molar-refractivity contribution in [2.75, 3.05) is 7.11 Å². The molecular weight excluding hydrogens is 326 g/mol. The average Bonchev–Trinajstić information content (AvgIpc) is 2.90. The minimum atomic E-state index is 0.309. The van der Waals surface area contributed by atoms with Crippen molar-refractivity contribution in [3.8, 4) is 5.75 Å². The number of ether oxygens (including phenoxy) is 1. The van der Waals surface area contributed by atoms with E-state index < -0.39 is 0 Å². The van der Waals surface area contributed by atoms with Crippen LogP contribution < -0.4 is 10.1 Å². The number of hydrogen-bond acceptors (Lipinski definition) is 2. The Morgan fingerprint density at radius 3 is 2.81 bits per heavy atom. The average molecular weight is 346 g/mol.